The van der Waals surface area contributed by atoms with Gasteiger partial charge in [0.25, 0.3) is 15.9 Å². The summed E-state index contributed by atoms with van der Waals surface area (Å²) in [7, 11) is -4.07. The molecule has 0 radical (unpaired) electrons. The molecule has 1 atom stereocenters. The maximum atomic E-state index is 13.7. The molecule has 4 rings (SSSR count). The van der Waals surface area contributed by atoms with Crippen molar-refractivity contribution in [2.45, 2.75) is 37.4 Å². The third kappa shape index (κ3) is 5.25. The Morgan fingerprint density at radius 1 is 1.11 bits per heavy atom. The van der Waals surface area contributed by atoms with Crippen molar-refractivity contribution in [2.24, 2.45) is 0 Å². The number of nitrogens with zero attached hydrogens (tertiary/aromatic N) is 2. The fraction of sp³-hybridized carbons (Fsp3) is 0.200. The van der Waals surface area contributed by atoms with E-state index in [1.807, 2.05) is 6.07 Å². The van der Waals surface area contributed by atoms with Gasteiger partial charge in [-0.05, 0) is 54.4 Å². The molecule has 3 aromatic carbocycles. The Balaban J connectivity index is 1.66. The number of amides is 1. The Morgan fingerprint density at radius 3 is 2.51 bits per heavy atom. The zero-order valence-electron chi connectivity index (χ0n) is 18.7. The lowest BCUT2D eigenvalue weighted by Crippen LogP contribution is -2.38. The predicted molar refractivity (Wildman–Crippen MR) is 124 cm³/mol. The van der Waals surface area contributed by atoms with Gasteiger partial charge in [-0.2, -0.15) is 5.26 Å². The summed E-state index contributed by atoms with van der Waals surface area (Å²) in [5, 5.41) is 9.25. The van der Waals surface area contributed by atoms with Gasteiger partial charge in [0.05, 0.1) is 5.56 Å². The van der Waals surface area contributed by atoms with E-state index in [1.54, 1.807) is 19.1 Å². The topological polar surface area (TPSA) is 99.5 Å². The number of anilines is 1. The molecule has 10 heteroatoms. The first-order chi connectivity index (χ1) is 16.7. The molecule has 180 valence electrons. The smallest absolute Gasteiger partial charge is 0.264 e. The van der Waals surface area contributed by atoms with E-state index in [1.165, 1.54) is 35.2 Å². The number of carbonyl (C=O) groups excluding carboxylic acids is 1. The molecule has 0 aromatic heterocycles. The summed E-state index contributed by atoms with van der Waals surface area (Å²) in [4.78, 5) is 14.3. The van der Waals surface area contributed by atoms with Crippen LogP contribution in [0, 0.1) is 23.0 Å². The van der Waals surface area contributed by atoms with Crippen LogP contribution in [-0.2, 0) is 27.9 Å². The summed E-state index contributed by atoms with van der Waals surface area (Å²) in [6.45, 7) is 1.76. The Labute approximate surface area is 201 Å². The molecule has 35 heavy (non-hydrogen) atoms. The number of rotatable bonds is 6. The number of carbonyl (C=O) groups is 1. The minimum atomic E-state index is -4.07. The van der Waals surface area contributed by atoms with E-state index < -0.39 is 27.8 Å². The van der Waals surface area contributed by atoms with Gasteiger partial charge in [0.15, 0.2) is 6.10 Å². The SMILES string of the molecule is CC[C@H]1Oc2ccc(NS(=O)(=O)c3ccccc3C#N)cc2CN(Cc2cc(F)cc(F)c2)C1=O. The quantitative estimate of drug-likeness (QED) is 0.546. The molecule has 0 saturated carbocycles. The van der Waals surface area contributed by atoms with Crippen LogP contribution >= 0.6 is 0 Å². The summed E-state index contributed by atoms with van der Waals surface area (Å²) >= 11 is 0. The largest absolute Gasteiger partial charge is 0.480 e. The Kier molecular flexibility index (Phi) is 6.71. The van der Waals surface area contributed by atoms with Crippen molar-refractivity contribution in [1.29, 1.82) is 5.26 Å². The van der Waals surface area contributed by atoms with Crippen LogP contribution < -0.4 is 9.46 Å². The van der Waals surface area contributed by atoms with Crippen molar-refractivity contribution in [3.05, 3.63) is 89.0 Å². The molecule has 1 heterocycles. The maximum absolute atomic E-state index is 13.7. The molecule has 0 fully saturated rings. The van der Waals surface area contributed by atoms with Crippen LogP contribution in [0.1, 0.15) is 30.0 Å². The molecule has 0 spiro atoms. The van der Waals surface area contributed by atoms with Gasteiger partial charge >= 0.3 is 0 Å². The number of nitriles is 1. The number of benzene rings is 3. The van der Waals surface area contributed by atoms with Crippen molar-refractivity contribution in [1.82, 2.24) is 4.90 Å². The number of hydrogen-bond acceptors (Lipinski definition) is 5. The van der Waals surface area contributed by atoms with Gasteiger partial charge < -0.3 is 9.64 Å². The number of hydrogen-bond donors (Lipinski definition) is 1. The molecule has 0 aliphatic carbocycles. The molecule has 1 aliphatic rings. The molecular weight excluding hydrogens is 476 g/mol. The summed E-state index contributed by atoms with van der Waals surface area (Å²) in [6.07, 6.45) is -0.439. The second-order valence-electron chi connectivity index (χ2n) is 8.02. The Morgan fingerprint density at radius 2 is 1.83 bits per heavy atom. The van der Waals surface area contributed by atoms with Gasteiger partial charge in [-0.25, -0.2) is 17.2 Å². The predicted octanol–water partition coefficient (Wildman–Crippen LogP) is 4.34. The van der Waals surface area contributed by atoms with Crippen LogP contribution in [-0.4, -0.2) is 25.3 Å². The average Bonchev–Trinajstić information content (AvgIpc) is 2.94. The second kappa shape index (κ2) is 9.72. The van der Waals surface area contributed by atoms with Gasteiger partial charge in [-0.3, -0.25) is 9.52 Å². The summed E-state index contributed by atoms with van der Waals surface area (Å²) < 4.78 is 61.5. The number of fused-ring (bicyclic) bond motifs is 1. The molecule has 1 aliphatic heterocycles. The molecule has 1 amide bonds. The van der Waals surface area contributed by atoms with E-state index in [0.717, 1.165) is 18.2 Å². The normalized spacial score (nSPS) is 15.5. The minimum Gasteiger partial charge on any atom is -0.480 e. The first-order valence-electron chi connectivity index (χ1n) is 10.8. The van der Waals surface area contributed by atoms with Crippen molar-refractivity contribution in [2.75, 3.05) is 4.72 Å². The van der Waals surface area contributed by atoms with E-state index >= 15 is 0 Å². The van der Waals surface area contributed by atoms with Gasteiger partial charge in [0, 0.05) is 30.4 Å². The summed E-state index contributed by atoms with van der Waals surface area (Å²) in [5.41, 5.74) is 1.00. The molecule has 3 aromatic rings. The van der Waals surface area contributed by atoms with E-state index in [0.29, 0.717) is 17.7 Å². The van der Waals surface area contributed by atoms with Gasteiger partial charge in [-0.15, -0.1) is 0 Å². The van der Waals surface area contributed by atoms with Crippen LogP contribution in [0.2, 0.25) is 0 Å². The van der Waals surface area contributed by atoms with E-state index in [4.69, 9.17) is 4.74 Å². The van der Waals surface area contributed by atoms with Crippen molar-refractivity contribution in [3.8, 4) is 11.8 Å². The fourth-order valence-corrected chi connectivity index (χ4v) is 5.10. The van der Waals surface area contributed by atoms with E-state index in [-0.39, 0.29) is 40.7 Å². The van der Waals surface area contributed by atoms with Crippen LogP contribution in [0.5, 0.6) is 5.75 Å². The highest BCUT2D eigenvalue weighted by Gasteiger charge is 2.30. The Hall–Kier alpha value is -3.97. The maximum Gasteiger partial charge on any atom is 0.264 e. The number of ether oxygens (including phenoxy) is 1. The number of sulfonamides is 1. The number of halogens is 2. The van der Waals surface area contributed by atoms with Crippen LogP contribution in [0.4, 0.5) is 14.5 Å². The van der Waals surface area contributed by atoms with Crippen LogP contribution in [0.3, 0.4) is 0 Å². The molecule has 1 N–H and O–H groups in total. The second-order valence-corrected chi connectivity index (χ2v) is 9.67. The third-order valence-corrected chi connectivity index (χ3v) is 6.93. The molecular formula is C25H21F2N3O4S. The first kappa shape index (κ1) is 24.2. The standard InChI is InChI=1S/C25H21F2N3O4S/c1-2-22-25(31)30(14-16-9-19(26)12-20(27)10-16)15-18-11-21(7-8-23(18)34-22)29-35(32,33)24-6-4-3-5-17(24)13-28/h3-12,22,29H,2,14-15H2,1H3/t22-/m1/s1. The zero-order chi connectivity index (χ0) is 25.2. The Bertz CT molecular complexity index is 1420. The van der Waals surface area contributed by atoms with Gasteiger partial charge in [0.2, 0.25) is 0 Å². The summed E-state index contributed by atoms with van der Waals surface area (Å²) in [6, 6.07) is 15.3. The summed E-state index contributed by atoms with van der Waals surface area (Å²) in [5.74, 6) is -1.45. The molecule has 0 bridgehead atoms. The third-order valence-electron chi connectivity index (χ3n) is 5.49. The lowest BCUT2D eigenvalue weighted by Gasteiger charge is -2.23. The van der Waals surface area contributed by atoms with Crippen LogP contribution in [0.25, 0.3) is 0 Å². The van der Waals surface area contributed by atoms with Crippen molar-refractivity contribution < 1.29 is 26.7 Å². The van der Waals surface area contributed by atoms with Crippen molar-refractivity contribution >= 4 is 21.6 Å². The number of nitrogens with one attached hydrogen (secondary N) is 1. The van der Waals surface area contributed by atoms with Crippen molar-refractivity contribution in [3.63, 3.8) is 0 Å². The van der Waals surface area contributed by atoms with E-state index in [9.17, 15) is 27.3 Å². The lowest BCUT2D eigenvalue weighted by atomic mass is 10.1. The van der Waals surface area contributed by atoms with E-state index in [2.05, 4.69) is 4.72 Å². The van der Waals surface area contributed by atoms with Gasteiger partial charge in [0.1, 0.15) is 28.3 Å². The average molecular weight is 498 g/mol. The zero-order valence-corrected chi connectivity index (χ0v) is 19.5. The van der Waals surface area contributed by atoms with Gasteiger partial charge in [-0.1, -0.05) is 19.1 Å². The first-order valence-corrected chi connectivity index (χ1v) is 12.2. The highest BCUT2D eigenvalue weighted by atomic mass is 32.2. The molecule has 0 unspecified atom stereocenters. The highest BCUT2D eigenvalue weighted by Crippen LogP contribution is 2.31. The minimum absolute atomic E-state index is 0.00276. The molecule has 0 saturated heterocycles. The monoisotopic (exact) mass is 497 g/mol. The lowest BCUT2D eigenvalue weighted by molar-refractivity contribution is -0.139. The van der Waals surface area contributed by atoms with Crippen LogP contribution in [0.15, 0.2) is 65.6 Å². The fourth-order valence-electron chi connectivity index (χ4n) is 3.89. The molecule has 7 nitrogen and oxygen atoms in total. The highest BCUT2D eigenvalue weighted by molar-refractivity contribution is 7.92.